The molecule has 1 amide bonds. The average molecular weight is 424 g/mol. The van der Waals surface area contributed by atoms with Gasteiger partial charge in [0.05, 0.1) is 17.1 Å². The summed E-state index contributed by atoms with van der Waals surface area (Å²) < 4.78 is 6.17. The van der Waals surface area contributed by atoms with Gasteiger partial charge in [-0.15, -0.1) is 0 Å². The van der Waals surface area contributed by atoms with Gasteiger partial charge < -0.3 is 9.32 Å². The average Bonchev–Trinajstić information content (AvgIpc) is 2.78. The summed E-state index contributed by atoms with van der Waals surface area (Å²) in [6, 6.07) is 6.97. The smallest absolute Gasteiger partial charge is 0.255 e. The molecule has 3 nitrogen and oxygen atoms in total. The van der Waals surface area contributed by atoms with Gasteiger partial charge in [-0.2, -0.15) is 0 Å². The van der Waals surface area contributed by atoms with E-state index in [1.165, 1.54) is 0 Å². The van der Waals surface area contributed by atoms with Crippen LogP contribution >= 0.6 is 45.8 Å². The molecule has 2 rings (SSSR count). The molecule has 106 valence electrons. The fourth-order valence-electron chi connectivity index (χ4n) is 1.79. The number of carbonyl (C=O) groups is 1. The fraction of sp³-hybridized carbons (Fsp3) is 0.214. The van der Waals surface area contributed by atoms with Crippen LogP contribution < -0.4 is 0 Å². The third kappa shape index (κ3) is 3.48. The van der Waals surface area contributed by atoms with E-state index in [4.69, 9.17) is 27.6 Å². The Kier molecular flexibility index (Phi) is 4.99. The Bertz CT molecular complexity index is 655. The zero-order valence-corrected chi connectivity index (χ0v) is 14.6. The molecule has 0 radical (unpaired) electrons. The van der Waals surface area contributed by atoms with Crippen molar-refractivity contribution in [2.45, 2.75) is 13.5 Å². The molecule has 1 aromatic carbocycles. The van der Waals surface area contributed by atoms with E-state index in [0.717, 1.165) is 11.5 Å². The zero-order valence-electron chi connectivity index (χ0n) is 10.9. The van der Waals surface area contributed by atoms with E-state index in [-0.39, 0.29) is 5.91 Å². The molecule has 20 heavy (non-hydrogen) atoms. The fourth-order valence-corrected chi connectivity index (χ4v) is 2.83. The highest BCUT2D eigenvalue weighted by molar-refractivity contribution is 14.1. The van der Waals surface area contributed by atoms with E-state index in [9.17, 15) is 4.79 Å². The van der Waals surface area contributed by atoms with Crippen molar-refractivity contribution in [3.8, 4) is 0 Å². The minimum atomic E-state index is -0.146. The summed E-state index contributed by atoms with van der Waals surface area (Å²) in [5, 5.41) is 0.921. The summed E-state index contributed by atoms with van der Waals surface area (Å²) in [6.45, 7) is 2.26. The van der Waals surface area contributed by atoms with Gasteiger partial charge in [0.2, 0.25) is 0 Å². The maximum atomic E-state index is 12.4. The molecule has 0 spiro atoms. The van der Waals surface area contributed by atoms with Crippen LogP contribution in [0.4, 0.5) is 0 Å². The normalized spacial score (nSPS) is 10.7. The Morgan fingerprint density at radius 3 is 2.65 bits per heavy atom. The van der Waals surface area contributed by atoms with Crippen molar-refractivity contribution >= 4 is 51.7 Å². The van der Waals surface area contributed by atoms with Gasteiger partial charge in [-0.3, -0.25) is 4.79 Å². The number of hydrogen-bond acceptors (Lipinski definition) is 2. The van der Waals surface area contributed by atoms with Crippen LogP contribution in [0, 0.1) is 10.5 Å². The van der Waals surface area contributed by atoms with Crippen LogP contribution in [0.15, 0.2) is 28.7 Å². The number of amides is 1. The van der Waals surface area contributed by atoms with Crippen LogP contribution in [0.3, 0.4) is 0 Å². The first kappa shape index (κ1) is 15.7. The molecular weight excluding hydrogens is 412 g/mol. The summed E-state index contributed by atoms with van der Waals surface area (Å²) in [6.07, 6.45) is 0. The number of halogens is 3. The maximum Gasteiger partial charge on any atom is 0.255 e. The number of nitrogens with zero attached hydrogens (tertiary/aromatic N) is 1. The highest BCUT2D eigenvalue weighted by atomic mass is 127. The monoisotopic (exact) mass is 423 g/mol. The number of furan rings is 1. The Labute approximate surface area is 141 Å². The van der Waals surface area contributed by atoms with Crippen LogP contribution in [-0.4, -0.2) is 17.9 Å². The van der Waals surface area contributed by atoms with Gasteiger partial charge in [-0.1, -0.05) is 23.2 Å². The van der Waals surface area contributed by atoms with Gasteiger partial charge in [-0.05, 0) is 53.8 Å². The SMILES string of the molecule is Cc1ccc(CN(C)C(=O)c2cc(Cl)cc(Cl)c2I)o1. The van der Waals surface area contributed by atoms with Gasteiger partial charge >= 0.3 is 0 Å². The summed E-state index contributed by atoms with van der Waals surface area (Å²) in [5.74, 6) is 1.41. The summed E-state index contributed by atoms with van der Waals surface area (Å²) in [5.41, 5.74) is 0.494. The largest absolute Gasteiger partial charge is 0.464 e. The Hall–Kier alpha value is -0.720. The molecule has 0 unspecified atom stereocenters. The molecular formula is C14H12Cl2INO2. The Balaban J connectivity index is 2.22. The number of aryl methyl sites for hydroxylation is 1. The van der Waals surface area contributed by atoms with E-state index < -0.39 is 0 Å². The molecule has 0 N–H and O–H groups in total. The third-order valence-corrected chi connectivity index (χ3v) is 4.76. The first-order valence-electron chi connectivity index (χ1n) is 5.84. The van der Waals surface area contributed by atoms with Crippen LogP contribution in [0.1, 0.15) is 21.9 Å². The Morgan fingerprint density at radius 2 is 2.05 bits per heavy atom. The Morgan fingerprint density at radius 1 is 1.35 bits per heavy atom. The standard InChI is InChI=1S/C14H12Cl2INO2/c1-8-3-4-10(20-8)7-18(2)14(19)11-5-9(15)6-12(16)13(11)17/h3-6H,7H2,1-2H3. The molecule has 2 aromatic rings. The lowest BCUT2D eigenvalue weighted by Gasteiger charge is -2.17. The highest BCUT2D eigenvalue weighted by Gasteiger charge is 2.18. The van der Waals surface area contributed by atoms with Gasteiger partial charge in [0.1, 0.15) is 11.5 Å². The first-order valence-corrected chi connectivity index (χ1v) is 7.67. The summed E-state index contributed by atoms with van der Waals surface area (Å²) >= 11 is 14.1. The topological polar surface area (TPSA) is 33.5 Å². The van der Waals surface area contributed by atoms with Crippen molar-refractivity contribution in [3.63, 3.8) is 0 Å². The zero-order chi connectivity index (χ0) is 14.9. The molecule has 1 aromatic heterocycles. The molecule has 0 fully saturated rings. The quantitative estimate of drug-likeness (QED) is 0.526. The first-order chi connectivity index (χ1) is 9.38. The van der Waals surface area contributed by atoms with Gasteiger partial charge in [-0.25, -0.2) is 0 Å². The summed E-state index contributed by atoms with van der Waals surface area (Å²) in [7, 11) is 1.71. The predicted molar refractivity (Wildman–Crippen MR) is 88.4 cm³/mol. The molecule has 0 bridgehead atoms. The highest BCUT2D eigenvalue weighted by Crippen LogP contribution is 2.27. The molecule has 0 atom stereocenters. The third-order valence-electron chi connectivity index (χ3n) is 2.76. The lowest BCUT2D eigenvalue weighted by molar-refractivity contribution is 0.0774. The van der Waals surface area contributed by atoms with Crippen LogP contribution in [0.5, 0.6) is 0 Å². The van der Waals surface area contributed by atoms with Crippen molar-refractivity contribution in [2.24, 2.45) is 0 Å². The second-order valence-corrected chi connectivity index (χ2v) is 6.35. The maximum absolute atomic E-state index is 12.4. The van der Waals surface area contributed by atoms with Gasteiger partial charge in [0.15, 0.2) is 0 Å². The van der Waals surface area contributed by atoms with Gasteiger partial charge in [0, 0.05) is 15.6 Å². The van der Waals surface area contributed by atoms with E-state index in [2.05, 4.69) is 0 Å². The van der Waals surface area contributed by atoms with Crippen molar-refractivity contribution in [1.82, 2.24) is 4.90 Å². The molecule has 0 aliphatic heterocycles. The number of carbonyl (C=O) groups excluding carboxylic acids is 1. The van der Waals surface area contributed by atoms with Crippen molar-refractivity contribution in [2.75, 3.05) is 7.05 Å². The van der Waals surface area contributed by atoms with E-state index in [1.54, 1.807) is 24.1 Å². The minimum Gasteiger partial charge on any atom is -0.464 e. The summed E-state index contributed by atoms with van der Waals surface area (Å²) in [4.78, 5) is 14.0. The van der Waals surface area contributed by atoms with Crippen molar-refractivity contribution in [1.29, 1.82) is 0 Å². The van der Waals surface area contributed by atoms with Gasteiger partial charge in [0.25, 0.3) is 5.91 Å². The van der Waals surface area contributed by atoms with Crippen molar-refractivity contribution < 1.29 is 9.21 Å². The number of rotatable bonds is 3. The molecule has 0 aliphatic rings. The van der Waals surface area contributed by atoms with Crippen LogP contribution in [-0.2, 0) is 6.54 Å². The lowest BCUT2D eigenvalue weighted by atomic mass is 10.2. The minimum absolute atomic E-state index is 0.146. The van der Waals surface area contributed by atoms with Crippen molar-refractivity contribution in [3.05, 3.63) is 55.0 Å². The molecule has 0 saturated carbocycles. The molecule has 0 aliphatic carbocycles. The second-order valence-electron chi connectivity index (χ2n) is 4.42. The van der Waals surface area contributed by atoms with E-state index in [1.807, 2.05) is 41.6 Å². The molecule has 6 heteroatoms. The lowest BCUT2D eigenvalue weighted by Crippen LogP contribution is -2.26. The van der Waals surface area contributed by atoms with E-state index in [0.29, 0.717) is 25.7 Å². The number of hydrogen-bond donors (Lipinski definition) is 0. The molecule has 0 saturated heterocycles. The van der Waals surface area contributed by atoms with Crippen LogP contribution in [0.25, 0.3) is 0 Å². The van der Waals surface area contributed by atoms with Crippen LogP contribution in [0.2, 0.25) is 10.0 Å². The second kappa shape index (κ2) is 6.37. The van der Waals surface area contributed by atoms with E-state index >= 15 is 0 Å². The molecule has 1 heterocycles. The number of benzene rings is 1. The predicted octanol–water partition coefficient (Wildman–Crippen LogP) is 4.77.